The van der Waals surface area contributed by atoms with E-state index in [9.17, 15) is 9.18 Å². The van der Waals surface area contributed by atoms with Gasteiger partial charge in [-0.05, 0) is 50.1 Å². The van der Waals surface area contributed by atoms with E-state index in [1.54, 1.807) is 0 Å². The van der Waals surface area contributed by atoms with Gasteiger partial charge in [0.1, 0.15) is 11.6 Å². The van der Waals surface area contributed by atoms with E-state index in [0.717, 1.165) is 49.4 Å². The number of hydrogen-bond donors (Lipinski definition) is 1. The number of nitrogens with zero attached hydrogens (tertiary/aromatic N) is 1. The van der Waals surface area contributed by atoms with Crippen LogP contribution in [0.25, 0.3) is 0 Å². The molecule has 1 atom stereocenters. The number of hydrogen-bond acceptors (Lipinski definition) is 3. The van der Waals surface area contributed by atoms with Crippen LogP contribution >= 0.6 is 0 Å². The normalized spacial score (nSPS) is 17.5. The lowest BCUT2D eigenvalue weighted by Gasteiger charge is -2.32. The fraction of sp³-hybridized carbons (Fsp3) is 0.409. The van der Waals surface area contributed by atoms with Gasteiger partial charge in [0.05, 0.1) is 12.5 Å². The van der Waals surface area contributed by atoms with E-state index in [-0.39, 0.29) is 17.6 Å². The summed E-state index contributed by atoms with van der Waals surface area (Å²) in [7, 11) is 0. The van der Waals surface area contributed by atoms with Gasteiger partial charge in [0.2, 0.25) is 5.91 Å². The van der Waals surface area contributed by atoms with Crippen LogP contribution in [0.3, 0.4) is 0 Å². The van der Waals surface area contributed by atoms with E-state index in [2.05, 4.69) is 10.2 Å². The van der Waals surface area contributed by atoms with Crippen molar-refractivity contribution in [2.45, 2.75) is 32.9 Å². The van der Waals surface area contributed by atoms with Crippen LogP contribution in [0.2, 0.25) is 0 Å². The number of carbonyl (C=O) groups excluding carboxylic acids is 1. The predicted octanol–water partition coefficient (Wildman–Crippen LogP) is 3.75. The lowest BCUT2D eigenvalue weighted by atomic mass is 9.96. The van der Waals surface area contributed by atoms with E-state index >= 15 is 0 Å². The van der Waals surface area contributed by atoms with Gasteiger partial charge in [0.15, 0.2) is 0 Å². The van der Waals surface area contributed by atoms with Crippen molar-refractivity contribution in [3.8, 4) is 5.75 Å². The summed E-state index contributed by atoms with van der Waals surface area (Å²) in [5.41, 5.74) is 2.06. The maximum atomic E-state index is 13.1. The number of nitrogens with one attached hydrogen (secondary N) is 1. The van der Waals surface area contributed by atoms with Crippen molar-refractivity contribution >= 4 is 5.91 Å². The van der Waals surface area contributed by atoms with Crippen molar-refractivity contribution in [3.63, 3.8) is 0 Å². The SMILES string of the molecule is CCOc1ccccc1CNC(=O)[C@H]1CCCN(Cc2ccc(F)cc2)C1. The molecule has 27 heavy (non-hydrogen) atoms. The Morgan fingerprint density at radius 3 is 2.78 bits per heavy atom. The average Bonchev–Trinajstić information content (AvgIpc) is 2.69. The molecule has 3 rings (SSSR count). The van der Waals surface area contributed by atoms with Gasteiger partial charge in [-0.25, -0.2) is 4.39 Å². The molecule has 0 radical (unpaired) electrons. The third kappa shape index (κ3) is 5.54. The summed E-state index contributed by atoms with van der Waals surface area (Å²) in [5, 5.41) is 3.06. The summed E-state index contributed by atoms with van der Waals surface area (Å²) in [4.78, 5) is 14.9. The molecule has 1 saturated heterocycles. The number of ether oxygens (including phenoxy) is 1. The molecule has 2 aromatic rings. The van der Waals surface area contributed by atoms with Gasteiger partial charge in [-0.15, -0.1) is 0 Å². The summed E-state index contributed by atoms with van der Waals surface area (Å²) >= 11 is 0. The summed E-state index contributed by atoms with van der Waals surface area (Å²) in [6.45, 7) is 5.48. The predicted molar refractivity (Wildman–Crippen MR) is 104 cm³/mol. The van der Waals surface area contributed by atoms with Crippen LogP contribution in [-0.2, 0) is 17.9 Å². The lowest BCUT2D eigenvalue weighted by molar-refractivity contribution is -0.126. The third-order valence-corrected chi connectivity index (χ3v) is 4.92. The van der Waals surface area contributed by atoms with Gasteiger partial charge in [0, 0.05) is 25.2 Å². The first kappa shape index (κ1) is 19.4. The highest BCUT2D eigenvalue weighted by molar-refractivity contribution is 5.79. The first-order chi connectivity index (χ1) is 13.2. The summed E-state index contributed by atoms with van der Waals surface area (Å²) in [6.07, 6.45) is 1.90. The largest absolute Gasteiger partial charge is 0.494 e. The van der Waals surface area contributed by atoms with Crippen molar-refractivity contribution in [2.75, 3.05) is 19.7 Å². The van der Waals surface area contributed by atoms with E-state index < -0.39 is 0 Å². The Kier molecular flexibility index (Phi) is 6.82. The Hall–Kier alpha value is -2.40. The zero-order valence-electron chi connectivity index (χ0n) is 15.8. The van der Waals surface area contributed by atoms with Gasteiger partial charge in [0.25, 0.3) is 0 Å². The summed E-state index contributed by atoms with van der Waals surface area (Å²) in [6, 6.07) is 14.4. The molecule has 5 heteroatoms. The minimum atomic E-state index is -0.220. The monoisotopic (exact) mass is 370 g/mol. The molecule has 1 N–H and O–H groups in total. The van der Waals surface area contributed by atoms with Crippen LogP contribution in [0, 0.1) is 11.7 Å². The molecule has 1 fully saturated rings. The number of amides is 1. The second kappa shape index (κ2) is 9.51. The zero-order chi connectivity index (χ0) is 19.1. The number of para-hydroxylation sites is 1. The topological polar surface area (TPSA) is 41.6 Å². The molecule has 1 heterocycles. The van der Waals surface area contributed by atoms with Gasteiger partial charge in [-0.1, -0.05) is 30.3 Å². The van der Waals surface area contributed by atoms with Gasteiger partial charge >= 0.3 is 0 Å². The van der Waals surface area contributed by atoms with E-state index in [0.29, 0.717) is 13.2 Å². The fourth-order valence-corrected chi connectivity index (χ4v) is 3.53. The van der Waals surface area contributed by atoms with Crippen molar-refractivity contribution in [1.29, 1.82) is 0 Å². The number of benzene rings is 2. The van der Waals surface area contributed by atoms with E-state index in [1.807, 2.05) is 43.3 Å². The Morgan fingerprint density at radius 1 is 1.22 bits per heavy atom. The highest BCUT2D eigenvalue weighted by Gasteiger charge is 2.25. The van der Waals surface area contributed by atoms with Crippen LogP contribution in [0.1, 0.15) is 30.9 Å². The van der Waals surface area contributed by atoms with Gasteiger partial charge in [-0.3, -0.25) is 9.69 Å². The lowest BCUT2D eigenvalue weighted by Crippen LogP contribution is -2.42. The quantitative estimate of drug-likeness (QED) is 0.807. The highest BCUT2D eigenvalue weighted by Crippen LogP contribution is 2.21. The van der Waals surface area contributed by atoms with Crippen LogP contribution in [0.4, 0.5) is 4.39 Å². The smallest absolute Gasteiger partial charge is 0.224 e. The fourth-order valence-electron chi connectivity index (χ4n) is 3.53. The molecule has 0 saturated carbocycles. The Bertz CT molecular complexity index is 748. The standard InChI is InChI=1S/C22H27FN2O2/c1-2-27-21-8-4-3-6-18(21)14-24-22(26)19-7-5-13-25(16-19)15-17-9-11-20(23)12-10-17/h3-4,6,8-12,19H,2,5,7,13-16H2,1H3,(H,24,26)/t19-/m0/s1. The molecule has 2 aromatic carbocycles. The van der Waals surface area contributed by atoms with Crippen molar-refractivity contribution < 1.29 is 13.9 Å². The minimum Gasteiger partial charge on any atom is -0.494 e. The van der Waals surface area contributed by atoms with Crippen LogP contribution in [0.15, 0.2) is 48.5 Å². The van der Waals surface area contributed by atoms with E-state index in [1.165, 1.54) is 12.1 Å². The van der Waals surface area contributed by atoms with Crippen LogP contribution in [-0.4, -0.2) is 30.5 Å². The molecular weight excluding hydrogens is 343 g/mol. The molecule has 1 aliphatic heterocycles. The van der Waals surface area contributed by atoms with E-state index in [4.69, 9.17) is 4.74 Å². The zero-order valence-corrected chi connectivity index (χ0v) is 15.8. The maximum absolute atomic E-state index is 13.1. The van der Waals surface area contributed by atoms with Crippen molar-refractivity contribution in [2.24, 2.45) is 5.92 Å². The number of carbonyl (C=O) groups is 1. The molecule has 0 aromatic heterocycles. The first-order valence-corrected chi connectivity index (χ1v) is 9.61. The second-order valence-corrected chi connectivity index (χ2v) is 6.96. The molecule has 0 aliphatic carbocycles. The number of likely N-dealkylation sites (tertiary alicyclic amines) is 1. The first-order valence-electron chi connectivity index (χ1n) is 9.61. The van der Waals surface area contributed by atoms with Crippen LogP contribution in [0.5, 0.6) is 5.75 Å². The minimum absolute atomic E-state index is 0.0153. The number of halogens is 1. The molecule has 0 bridgehead atoms. The highest BCUT2D eigenvalue weighted by atomic mass is 19.1. The molecule has 0 unspecified atom stereocenters. The molecule has 144 valence electrons. The maximum Gasteiger partial charge on any atom is 0.224 e. The summed E-state index contributed by atoms with van der Waals surface area (Å²) < 4.78 is 18.7. The second-order valence-electron chi connectivity index (χ2n) is 6.96. The Balaban J connectivity index is 1.53. The number of rotatable bonds is 7. The summed E-state index contributed by atoms with van der Waals surface area (Å²) in [5.74, 6) is 0.674. The van der Waals surface area contributed by atoms with Gasteiger partial charge < -0.3 is 10.1 Å². The Morgan fingerprint density at radius 2 is 2.00 bits per heavy atom. The van der Waals surface area contributed by atoms with Crippen molar-refractivity contribution in [1.82, 2.24) is 10.2 Å². The molecule has 1 aliphatic rings. The molecule has 4 nitrogen and oxygen atoms in total. The van der Waals surface area contributed by atoms with Crippen LogP contribution < -0.4 is 10.1 Å². The molecule has 1 amide bonds. The number of piperidine rings is 1. The average molecular weight is 370 g/mol. The molecular formula is C22H27FN2O2. The third-order valence-electron chi connectivity index (χ3n) is 4.92. The van der Waals surface area contributed by atoms with Gasteiger partial charge in [-0.2, -0.15) is 0 Å². The van der Waals surface area contributed by atoms with Crippen molar-refractivity contribution in [3.05, 3.63) is 65.5 Å². The molecule has 0 spiro atoms. The Labute approximate surface area is 160 Å².